The van der Waals surface area contributed by atoms with Crippen LogP contribution in [-0.2, 0) is 6.18 Å². The molecule has 0 aromatic heterocycles. The van der Waals surface area contributed by atoms with Crippen LogP contribution in [0.3, 0.4) is 0 Å². The van der Waals surface area contributed by atoms with Crippen LogP contribution in [0.5, 0.6) is 5.75 Å². The number of benzene rings is 2. The second-order valence-electron chi connectivity index (χ2n) is 4.62. The number of hydrazine groups is 1. The highest BCUT2D eigenvalue weighted by Crippen LogP contribution is 2.35. The molecule has 0 heterocycles. The Balaban J connectivity index is 2.21. The summed E-state index contributed by atoms with van der Waals surface area (Å²) in [7, 11) is 0. The standard InChI is InChI=1S/C15H9F4N3O2/c16-11-6-9(2-4-13(11)23)14(24)22-21-12-3-1-8(7-20)5-10(12)15(17,18)19/h1-6,21,23H,(H,22,24). The largest absolute Gasteiger partial charge is 0.505 e. The Morgan fingerprint density at radius 3 is 2.46 bits per heavy atom. The van der Waals surface area contributed by atoms with E-state index in [9.17, 15) is 22.4 Å². The van der Waals surface area contributed by atoms with Gasteiger partial charge in [-0.25, -0.2) is 4.39 Å². The van der Waals surface area contributed by atoms with Gasteiger partial charge in [0.1, 0.15) is 0 Å². The van der Waals surface area contributed by atoms with Gasteiger partial charge in [0.2, 0.25) is 0 Å². The Morgan fingerprint density at radius 2 is 1.88 bits per heavy atom. The van der Waals surface area contributed by atoms with E-state index in [4.69, 9.17) is 10.4 Å². The molecule has 0 bridgehead atoms. The molecule has 0 saturated heterocycles. The van der Waals surface area contributed by atoms with Crippen molar-refractivity contribution in [3.8, 4) is 11.8 Å². The molecule has 9 heteroatoms. The van der Waals surface area contributed by atoms with Gasteiger partial charge in [-0.05, 0) is 36.4 Å². The minimum Gasteiger partial charge on any atom is -0.505 e. The quantitative estimate of drug-likeness (QED) is 0.592. The predicted octanol–water partition coefficient (Wildman–Crippen LogP) is 3.18. The number of halogens is 4. The molecule has 0 aliphatic rings. The van der Waals surface area contributed by atoms with Crippen LogP contribution in [0.15, 0.2) is 36.4 Å². The number of alkyl halides is 3. The summed E-state index contributed by atoms with van der Waals surface area (Å²) < 4.78 is 52.1. The van der Waals surface area contributed by atoms with Gasteiger partial charge >= 0.3 is 6.18 Å². The molecule has 0 spiro atoms. The third-order valence-electron chi connectivity index (χ3n) is 2.97. The maximum Gasteiger partial charge on any atom is 0.418 e. The van der Waals surface area contributed by atoms with Crippen LogP contribution >= 0.6 is 0 Å². The number of aromatic hydroxyl groups is 1. The first-order valence-electron chi connectivity index (χ1n) is 6.38. The summed E-state index contributed by atoms with van der Waals surface area (Å²) in [6.07, 6.45) is -4.75. The highest BCUT2D eigenvalue weighted by molar-refractivity contribution is 5.95. The molecule has 0 aliphatic heterocycles. The van der Waals surface area contributed by atoms with Gasteiger partial charge in [0.05, 0.1) is 22.9 Å². The fourth-order valence-corrected chi connectivity index (χ4v) is 1.80. The van der Waals surface area contributed by atoms with Gasteiger partial charge in [0.25, 0.3) is 5.91 Å². The van der Waals surface area contributed by atoms with Gasteiger partial charge in [0, 0.05) is 5.56 Å². The van der Waals surface area contributed by atoms with E-state index in [2.05, 4.69) is 5.43 Å². The summed E-state index contributed by atoms with van der Waals surface area (Å²) in [5.41, 5.74) is 2.06. The van der Waals surface area contributed by atoms with E-state index >= 15 is 0 Å². The van der Waals surface area contributed by atoms with Crippen molar-refractivity contribution in [1.82, 2.24) is 5.43 Å². The lowest BCUT2D eigenvalue weighted by molar-refractivity contribution is -0.137. The van der Waals surface area contributed by atoms with E-state index in [1.807, 2.05) is 5.43 Å². The van der Waals surface area contributed by atoms with Crippen molar-refractivity contribution in [2.75, 3.05) is 5.43 Å². The predicted molar refractivity (Wildman–Crippen MR) is 75.3 cm³/mol. The highest BCUT2D eigenvalue weighted by atomic mass is 19.4. The average molecular weight is 339 g/mol. The van der Waals surface area contributed by atoms with Gasteiger partial charge < -0.3 is 5.11 Å². The lowest BCUT2D eigenvalue weighted by Crippen LogP contribution is -2.30. The minimum absolute atomic E-state index is 0.195. The number of hydrogen-bond acceptors (Lipinski definition) is 4. The molecule has 0 atom stereocenters. The Bertz CT molecular complexity index is 828. The zero-order valence-electron chi connectivity index (χ0n) is 11.8. The Morgan fingerprint density at radius 1 is 1.17 bits per heavy atom. The topological polar surface area (TPSA) is 85.2 Å². The van der Waals surface area contributed by atoms with Gasteiger partial charge in [-0.3, -0.25) is 15.6 Å². The molecule has 0 saturated carbocycles. The molecule has 2 aromatic rings. The molecule has 124 valence electrons. The first-order valence-corrected chi connectivity index (χ1v) is 6.38. The molecule has 3 N–H and O–H groups in total. The van der Waals surface area contributed by atoms with Gasteiger partial charge in [-0.15, -0.1) is 0 Å². The number of carbonyl (C=O) groups excluding carboxylic acids is 1. The first-order chi connectivity index (χ1) is 11.2. The van der Waals surface area contributed by atoms with Crippen LogP contribution < -0.4 is 10.9 Å². The summed E-state index contributed by atoms with van der Waals surface area (Å²) in [6.45, 7) is 0. The molecule has 1 amide bonds. The van der Waals surface area contributed by atoms with E-state index in [1.165, 1.54) is 0 Å². The molecule has 24 heavy (non-hydrogen) atoms. The second-order valence-corrected chi connectivity index (χ2v) is 4.62. The van der Waals surface area contributed by atoms with E-state index in [-0.39, 0.29) is 11.1 Å². The van der Waals surface area contributed by atoms with Crippen molar-refractivity contribution in [3.63, 3.8) is 0 Å². The number of hydrogen-bond donors (Lipinski definition) is 3. The molecule has 0 radical (unpaired) electrons. The van der Waals surface area contributed by atoms with Crippen molar-refractivity contribution in [2.24, 2.45) is 0 Å². The normalized spacial score (nSPS) is 10.8. The van der Waals surface area contributed by atoms with E-state index in [0.29, 0.717) is 6.07 Å². The van der Waals surface area contributed by atoms with Crippen molar-refractivity contribution in [3.05, 3.63) is 58.9 Å². The Kier molecular flexibility index (Phi) is 4.59. The third kappa shape index (κ3) is 3.73. The van der Waals surface area contributed by atoms with Gasteiger partial charge in [0.15, 0.2) is 11.6 Å². The smallest absolute Gasteiger partial charge is 0.418 e. The summed E-state index contributed by atoms with van der Waals surface area (Å²) in [5.74, 6) is -2.62. The molecule has 2 aromatic carbocycles. The van der Waals surface area contributed by atoms with E-state index in [0.717, 1.165) is 30.3 Å². The number of nitrogens with one attached hydrogen (secondary N) is 2. The fraction of sp³-hybridized carbons (Fsp3) is 0.0667. The first kappa shape index (κ1) is 17.1. The maximum atomic E-state index is 13.2. The summed E-state index contributed by atoms with van der Waals surface area (Å²) in [5, 5.41) is 17.7. The molecule has 2 rings (SSSR count). The summed E-state index contributed by atoms with van der Waals surface area (Å²) in [4.78, 5) is 11.8. The number of amides is 1. The Labute approximate surface area is 133 Å². The van der Waals surface area contributed by atoms with Crippen LogP contribution in [0.1, 0.15) is 21.5 Å². The number of nitrogens with zero attached hydrogens (tertiary/aromatic N) is 1. The summed E-state index contributed by atoms with van der Waals surface area (Å²) in [6, 6.07) is 7.12. The highest BCUT2D eigenvalue weighted by Gasteiger charge is 2.34. The van der Waals surface area contributed by atoms with Crippen LogP contribution in [0.25, 0.3) is 0 Å². The van der Waals surface area contributed by atoms with Crippen molar-refractivity contribution in [2.45, 2.75) is 6.18 Å². The number of nitriles is 1. The third-order valence-corrected chi connectivity index (χ3v) is 2.97. The lowest BCUT2D eigenvalue weighted by Gasteiger charge is -2.15. The number of anilines is 1. The van der Waals surface area contributed by atoms with Crippen LogP contribution in [0.4, 0.5) is 23.2 Å². The zero-order chi connectivity index (χ0) is 17.9. The van der Waals surface area contributed by atoms with E-state index < -0.39 is 34.9 Å². The molecule has 0 unspecified atom stereocenters. The van der Waals surface area contributed by atoms with Crippen LogP contribution in [-0.4, -0.2) is 11.0 Å². The molecule has 0 aliphatic carbocycles. The molecular weight excluding hydrogens is 330 g/mol. The molecule has 0 fully saturated rings. The number of rotatable bonds is 3. The Hall–Kier alpha value is -3.28. The minimum atomic E-state index is -4.75. The lowest BCUT2D eigenvalue weighted by atomic mass is 10.1. The summed E-state index contributed by atoms with van der Waals surface area (Å²) >= 11 is 0. The molecular formula is C15H9F4N3O2. The number of carbonyl (C=O) groups is 1. The monoisotopic (exact) mass is 339 g/mol. The van der Waals surface area contributed by atoms with Gasteiger partial charge in [-0.1, -0.05) is 0 Å². The van der Waals surface area contributed by atoms with Crippen LogP contribution in [0.2, 0.25) is 0 Å². The zero-order valence-corrected chi connectivity index (χ0v) is 11.8. The van der Waals surface area contributed by atoms with Gasteiger partial charge in [-0.2, -0.15) is 18.4 Å². The number of phenols is 1. The van der Waals surface area contributed by atoms with E-state index in [1.54, 1.807) is 6.07 Å². The van der Waals surface area contributed by atoms with Crippen molar-refractivity contribution in [1.29, 1.82) is 5.26 Å². The second kappa shape index (κ2) is 6.45. The fourth-order valence-electron chi connectivity index (χ4n) is 1.80. The average Bonchev–Trinajstić information content (AvgIpc) is 2.54. The van der Waals surface area contributed by atoms with Crippen molar-refractivity contribution >= 4 is 11.6 Å². The SMILES string of the molecule is N#Cc1ccc(NNC(=O)c2ccc(O)c(F)c2)c(C(F)(F)F)c1. The number of phenolic OH excluding ortho intramolecular Hbond substituents is 1. The maximum absolute atomic E-state index is 13.2. The van der Waals surface area contributed by atoms with Crippen LogP contribution in [0, 0.1) is 17.1 Å². The molecule has 5 nitrogen and oxygen atoms in total. The van der Waals surface area contributed by atoms with Crippen molar-refractivity contribution < 1.29 is 27.5 Å².